The summed E-state index contributed by atoms with van der Waals surface area (Å²) in [4.78, 5) is 14.6. The predicted molar refractivity (Wildman–Crippen MR) is 87.2 cm³/mol. The van der Waals surface area contributed by atoms with Crippen molar-refractivity contribution in [2.45, 2.75) is 57.2 Å². The van der Waals surface area contributed by atoms with Crippen molar-refractivity contribution >= 4 is 18.3 Å². The lowest BCUT2D eigenvalue weighted by atomic mass is 9.99. The average molecular weight is 327 g/mol. The van der Waals surface area contributed by atoms with Crippen LogP contribution in [-0.2, 0) is 11.3 Å². The Kier molecular flexibility index (Phi) is 5.81. The molecule has 0 radical (unpaired) electrons. The van der Waals surface area contributed by atoms with E-state index in [2.05, 4.69) is 0 Å². The second-order valence-electron chi connectivity index (χ2n) is 6.44. The maximum Gasteiger partial charge on any atom is 0.223 e. The Labute approximate surface area is 137 Å². The number of nitrogens with zero attached hydrogens (tertiary/aromatic N) is 1. The first-order valence-electron chi connectivity index (χ1n) is 7.93. The van der Waals surface area contributed by atoms with Gasteiger partial charge in [0.2, 0.25) is 5.91 Å². The van der Waals surface area contributed by atoms with Gasteiger partial charge in [-0.2, -0.15) is 0 Å². The Morgan fingerprint density at radius 3 is 2.41 bits per heavy atom. The molecule has 1 aromatic rings. The van der Waals surface area contributed by atoms with Crippen LogP contribution >= 0.6 is 12.4 Å². The highest BCUT2D eigenvalue weighted by atomic mass is 35.5. The number of hydrogen-bond acceptors (Lipinski definition) is 2. The van der Waals surface area contributed by atoms with Gasteiger partial charge in [0.25, 0.3) is 0 Å². The Bertz CT molecular complexity index is 504. The molecule has 3 nitrogen and oxygen atoms in total. The number of nitrogens with two attached hydrogens (primary N) is 1. The quantitative estimate of drug-likeness (QED) is 0.902. The minimum absolute atomic E-state index is 0. The largest absolute Gasteiger partial charge is 0.335 e. The first kappa shape index (κ1) is 17.2. The van der Waals surface area contributed by atoms with Crippen LogP contribution in [0.25, 0.3) is 0 Å². The van der Waals surface area contributed by atoms with E-state index in [1.54, 1.807) is 12.1 Å². The van der Waals surface area contributed by atoms with Crippen molar-refractivity contribution in [3.8, 4) is 0 Å². The summed E-state index contributed by atoms with van der Waals surface area (Å²) >= 11 is 0. The van der Waals surface area contributed by atoms with Crippen molar-refractivity contribution in [3.63, 3.8) is 0 Å². The molecule has 0 bridgehead atoms. The topological polar surface area (TPSA) is 46.3 Å². The van der Waals surface area contributed by atoms with E-state index in [-0.39, 0.29) is 30.2 Å². The van der Waals surface area contributed by atoms with Crippen LogP contribution in [0.15, 0.2) is 24.3 Å². The standard InChI is InChI=1S/C17H23FN2O.ClH/c18-14-6-4-12(5-7-14)11-20(15-8-9-15)17(21)10-13-2-1-3-16(13)19;/h4-7,13,15-16H,1-3,8-11,19H2;1H/t13-,16+;/m0./s1. The summed E-state index contributed by atoms with van der Waals surface area (Å²) in [5.74, 6) is 0.316. The summed E-state index contributed by atoms with van der Waals surface area (Å²) in [5.41, 5.74) is 7.07. The molecule has 2 fully saturated rings. The Morgan fingerprint density at radius 1 is 1.18 bits per heavy atom. The van der Waals surface area contributed by atoms with Crippen LogP contribution in [0.2, 0.25) is 0 Å². The van der Waals surface area contributed by atoms with E-state index in [1.165, 1.54) is 12.1 Å². The predicted octanol–water partition coefficient (Wildman–Crippen LogP) is 3.26. The van der Waals surface area contributed by atoms with Gasteiger partial charge >= 0.3 is 0 Å². The smallest absolute Gasteiger partial charge is 0.223 e. The molecule has 2 N–H and O–H groups in total. The molecule has 22 heavy (non-hydrogen) atoms. The maximum absolute atomic E-state index is 13.0. The van der Waals surface area contributed by atoms with Crippen molar-refractivity contribution in [1.29, 1.82) is 0 Å². The third-order valence-electron chi connectivity index (χ3n) is 4.73. The van der Waals surface area contributed by atoms with Crippen LogP contribution in [0.3, 0.4) is 0 Å². The first-order chi connectivity index (χ1) is 10.1. The third kappa shape index (κ3) is 4.20. The van der Waals surface area contributed by atoms with Crippen molar-refractivity contribution in [2.24, 2.45) is 11.7 Å². The maximum atomic E-state index is 13.0. The monoisotopic (exact) mass is 326 g/mol. The van der Waals surface area contributed by atoms with Gasteiger partial charge in [0.1, 0.15) is 5.82 Å². The highest BCUT2D eigenvalue weighted by Gasteiger charge is 2.35. The van der Waals surface area contributed by atoms with Crippen LogP contribution in [0.1, 0.15) is 44.1 Å². The third-order valence-corrected chi connectivity index (χ3v) is 4.73. The molecule has 0 spiro atoms. The number of rotatable bonds is 5. The van der Waals surface area contributed by atoms with Crippen LogP contribution in [0.5, 0.6) is 0 Å². The van der Waals surface area contributed by atoms with Crippen molar-refractivity contribution in [3.05, 3.63) is 35.6 Å². The van der Waals surface area contributed by atoms with Gasteiger partial charge in [-0.15, -0.1) is 12.4 Å². The van der Waals surface area contributed by atoms with E-state index in [1.807, 2.05) is 4.90 Å². The zero-order valence-electron chi connectivity index (χ0n) is 12.7. The van der Waals surface area contributed by atoms with E-state index < -0.39 is 0 Å². The number of halogens is 2. The van der Waals surface area contributed by atoms with E-state index in [0.29, 0.717) is 24.9 Å². The molecule has 0 aromatic heterocycles. The normalized spacial score (nSPS) is 23.9. The van der Waals surface area contributed by atoms with Gasteiger partial charge in [-0.3, -0.25) is 4.79 Å². The van der Waals surface area contributed by atoms with Gasteiger partial charge in [0.05, 0.1) is 0 Å². The molecule has 0 unspecified atom stereocenters. The molecule has 1 amide bonds. The summed E-state index contributed by atoms with van der Waals surface area (Å²) in [5, 5.41) is 0. The Morgan fingerprint density at radius 2 is 1.86 bits per heavy atom. The van der Waals surface area contributed by atoms with E-state index >= 15 is 0 Å². The number of hydrogen-bond donors (Lipinski definition) is 1. The number of benzene rings is 1. The van der Waals surface area contributed by atoms with Gasteiger partial charge in [-0.05, 0) is 49.3 Å². The summed E-state index contributed by atoms with van der Waals surface area (Å²) in [6.45, 7) is 0.589. The molecule has 2 aliphatic carbocycles. The minimum Gasteiger partial charge on any atom is -0.335 e. The van der Waals surface area contributed by atoms with Gasteiger partial charge in [-0.1, -0.05) is 18.6 Å². The number of carbonyl (C=O) groups is 1. The van der Waals surface area contributed by atoms with Crippen molar-refractivity contribution < 1.29 is 9.18 Å². The molecule has 3 rings (SSSR count). The Balaban J connectivity index is 0.00000176. The lowest BCUT2D eigenvalue weighted by Crippen LogP contribution is -2.36. The second kappa shape index (κ2) is 7.42. The molecule has 0 saturated heterocycles. The summed E-state index contributed by atoms with van der Waals surface area (Å²) in [6.07, 6.45) is 5.99. The second-order valence-corrected chi connectivity index (χ2v) is 6.44. The number of carbonyl (C=O) groups excluding carboxylic acids is 1. The first-order valence-corrected chi connectivity index (χ1v) is 7.93. The minimum atomic E-state index is -0.236. The van der Waals surface area contributed by atoms with Gasteiger partial charge in [0.15, 0.2) is 0 Å². The molecule has 0 heterocycles. The fraction of sp³-hybridized carbons (Fsp3) is 0.588. The fourth-order valence-corrected chi connectivity index (χ4v) is 3.25. The van der Waals surface area contributed by atoms with Crippen LogP contribution in [-0.4, -0.2) is 22.9 Å². The summed E-state index contributed by atoms with van der Waals surface area (Å²) in [7, 11) is 0. The fourth-order valence-electron chi connectivity index (χ4n) is 3.25. The van der Waals surface area contributed by atoms with Gasteiger partial charge in [0, 0.05) is 25.0 Å². The summed E-state index contributed by atoms with van der Waals surface area (Å²) < 4.78 is 13.0. The van der Waals surface area contributed by atoms with Crippen LogP contribution < -0.4 is 5.73 Å². The number of amides is 1. The van der Waals surface area contributed by atoms with E-state index in [4.69, 9.17) is 5.73 Å². The highest BCUT2D eigenvalue weighted by molar-refractivity contribution is 5.85. The highest BCUT2D eigenvalue weighted by Crippen LogP contribution is 2.32. The lowest BCUT2D eigenvalue weighted by molar-refractivity contribution is -0.133. The van der Waals surface area contributed by atoms with Crippen LogP contribution in [0, 0.1) is 11.7 Å². The molecule has 2 aliphatic rings. The molecule has 1 aromatic carbocycles. The molecular formula is C17H24ClFN2O. The lowest BCUT2D eigenvalue weighted by Gasteiger charge is -2.25. The zero-order valence-corrected chi connectivity index (χ0v) is 13.5. The summed E-state index contributed by atoms with van der Waals surface area (Å²) in [6, 6.07) is 7.00. The Hall–Kier alpha value is -1.13. The van der Waals surface area contributed by atoms with Gasteiger partial charge in [-0.25, -0.2) is 4.39 Å². The van der Waals surface area contributed by atoms with E-state index in [9.17, 15) is 9.18 Å². The zero-order chi connectivity index (χ0) is 14.8. The molecule has 2 atom stereocenters. The average Bonchev–Trinajstić information content (AvgIpc) is 3.23. The molecule has 0 aliphatic heterocycles. The van der Waals surface area contributed by atoms with E-state index in [0.717, 1.165) is 37.7 Å². The van der Waals surface area contributed by atoms with Crippen LogP contribution in [0.4, 0.5) is 4.39 Å². The molecule has 5 heteroatoms. The SMILES string of the molecule is Cl.N[C@@H]1CCC[C@H]1CC(=O)N(Cc1ccc(F)cc1)C1CC1. The molecule has 122 valence electrons. The molecular weight excluding hydrogens is 303 g/mol. The van der Waals surface area contributed by atoms with Crippen molar-refractivity contribution in [2.75, 3.05) is 0 Å². The van der Waals surface area contributed by atoms with Gasteiger partial charge < -0.3 is 10.6 Å². The van der Waals surface area contributed by atoms with Crippen molar-refractivity contribution in [1.82, 2.24) is 4.90 Å². The molecule has 2 saturated carbocycles.